The number of amides is 2. The summed E-state index contributed by atoms with van der Waals surface area (Å²) in [4.78, 5) is 52.0. The molecule has 2 bridgehead atoms. The summed E-state index contributed by atoms with van der Waals surface area (Å²) in [6.07, 6.45) is 8.55. The lowest BCUT2D eigenvalue weighted by Crippen LogP contribution is -2.76. The first kappa shape index (κ1) is 23.9. The largest absolute Gasteiger partial charge is 0.473 e. The number of hydrogen-bond donors (Lipinski definition) is 0. The van der Waals surface area contributed by atoms with E-state index in [1.54, 1.807) is 24.1 Å². The van der Waals surface area contributed by atoms with Crippen molar-refractivity contribution < 1.29 is 38.1 Å². The second-order valence-corrected chi connectivity index (χ2v) is 11.6. The van der Waals surface area contributed by atoms with Crippen molar-refractivity contribution in [3.05, 3.63) is 48.3 Å². The smallest absolute Gasteiger partial charge is 0.303 e. The van der Waals surface area contributed by atoms with Crippen molar-refractivity contribution in [1.29, 1.82) is 0 Å². The van der Waals surface area contributed by atoms with Crippen LogP contribution in [0.25, 0.3) is 0 Å². The third-order valence-corrected chi connectivity index (χ3v) is 10.2. The normalized spacial score (nSPS) is 35.1. The van der Waals surface area contributed by atoms with Gasteiger partial charge in [-0.1, -0.05) is 21.6 Å². The molecule has 0 aromatic rings. The highest BCUT2D eigenvalue weighted by molar-refractivity contribution is 8.78. The highest BCUT2D eigenvalue weighted by Gasteiger charge is 2.73. The first-order chi connectivity index (χ1) is 16.7. The summed E-state index contributed by atoms with van der Waals surface area (Å²) in [5, 5.41) is 0. The van der Waals surface area contributed by atoms with Crippen LogP contribution in [0, 0.1) is 0 Å². The summed E-state index contributed by atoms with van der Waals surface area (Å²) in [5.41, 5.74) is 1.42. The number of carbonyl (C=O) groups excluding carboxylic acids is 4. The number of likely N-dealkylation sites (N-methyl/N-ethyl adjacent to an activating group) is 1. The van der Waals surface area contributed by atoms with Gasteiger partial charge in [0.2, 0.25) is 0 Å². The average Bonchev–Trinajstić information content (AvgIpc) is 2.88. The molecule has 12 heteroatoms. The number of fused-ring (bicyclic) bond motifs is 3. The van der Waals surface area contributed by atoms with Crippen LogP contribution < -0.4 is 0 Å². The predicted molar refractivity (Wildman–Crippen MR) is 126 cm³/mol. The molecule has 4 saturated heterocycles. The molecule has 10 nitrogen and oxygen atoms in total. The molecule has 6 aliphatic heterocycles. The molecule has 186 valence electrons. The van der Waals surface area contributed by atoms with E-state index in [1.807, 2.05) is 0 Å². The van der Waals surface area contributed by atoms with Crippen molar-refractivity contribution in [2.75, 3.05) is 7.05 Å². The van der Waals surface area contributed by atoms with Gasteiger partial charge in [-0.2, -0.15) is 0 Å². The van der Waals surface area contributed by atoms with E-state index in [0.29, 0.717) is 17.6 Å². The maximum atomic E-state index is 14.3. The molecule has 0 aliphatic carbocycles. The topological polar surface area (TPSA) is 112 Å². The fourth-order valence-electron chi connectivity index (χ4n) is 5.12. The van der Waals surface area contributed by atoms with E-state index in [2.05, 4.69) is 0 Å². The highest BCUT2D eigenvalue weighted by Crippen LogP contribution is 2.66. The Kier molecular flexibility index (Phi) is 5.91. The summed E-state index contributed by atoms with van der Waals surface area (Å²) in [6.45, 7) is 2.63. The standard InChI is InChI=1S/C23H24N2O8S2/c1-13(26)32-17-4-6-30-11-15(8-17)9-22-21(29)25-19-16(12-31-7-5-18(19)33-14(2)27)10-23(25,35-34-22)20(28)24(22)3/h4-7,11-12,17-19H,8-10H2,1-3H3/t17-,18-,19-,22+,23+/m0/s1. The molecule has 5 atom stereocenters. The number of esters is 2. The molecule has 6 aliphatic rings. The number of carbonyl (C=O) groups is 4. The van der Waals surface area contributed by atoms with Crippen LogP contribution in [0.3, 0.4) is 0 Å². The predicted octanol–water partition coefficient (Wildman–Crippen LogP) is 2.35. The second kappa shape index (κ2) is 8.66. The van der Waals surface area contributed by atoms with Gasteiger partial charge >= 0.3 is 11.9 Å². The van der Waals surface area contributed by atoms with E-state index in [0.717, 1.165) is 0 Å². The van der Waals surface area contributed by atoms with Gasteiger partial charge in [0, 0.05) is 40.2 Å². The van der Waals surface area contributed by atoms with Gasteiger partial charge in [-0.25, -0.2) is 0 Å². The second-order valence-electron chi connectivity index (χ2n) is 8.90. The van der Waals surface area contributed by atoms with Gasteiger partial charge in [0.1, 0.15) is 12.2 Å². The van der Waals surface area contributed by atoms with E-state index in [4.69, 9.17) is 18.9 Å². The van der Waals surface area contributed by atoms with Gasteiger partial charge in [-0.05, 0) is 23.3 Å². The molecule has 1 spiro atoms. The first-order valence-corrected chi connectivity index (χ1v) is 13.2. The Balaban J connectivity index is 1.50. The van der Waals surface area contributed by atoms with Crippen LogP contribution in [-0.2, 0) is 38.1 Å². The molecule has 0 saturated carbocycles. The molecule has 6 heterocycles. The Morgan fingerprint density at radius 1 is 1.06 bits per heavy atom. The SMILES string of the molecule is CC(=O)O[C@H]1C=COC=C2C[C@]34SS[C@](CC5=COC=C[C@H](OC(C)=O)C5)(C(=O)N3[C@@H]21)N(C)C4=O. The molecular weight excluding hydrogens is 496 g/mol. The van der Waals surface area contributed by atoms with Crippen molar-refractivity contribution in [3.63, 3.8) is 0 Å². The summed E-state index contributed by atoms with van der Waals surface area (Å²) >= 11 is 0. The molecule has 0 N–H and O–H groups in total. The molecule has 6 rings (SSSR count). The lowest BCUT2D eigenvalue weighted by Gasteiger charge is -2.59. The molecule has 0 aromatic carbocycles. The van der Waals surface area contributed by atoms with Crippen LogP contribution in [0.2, 0.25) is 0 Å². The third kappa shape index (κ3) is 3.74. The van der Waals surface area contributed by atoms with Gasteiger partial charge in [-0.15, -0.1) is 0 Å². The highest BCUT2D eigenvalue weighted by atomic mass is 33.1. The van der Waals surface area contributed by atoms with Crippen LogP contribution in [0.5, 0.6) is 0 Å². The minimum Gasteiger partial charge on any atom is -0.473 e. The number of rotatable bonds is 4. The maximum Gasteiger partial charge on any atom is 0.303 e. The van der Waals surface area contributed by atoms with Gasteiger partial charge in [0.05, 0.1) is 31.1 Å². The van der Waals surface area contributed by atoms with Gasteiger partial charge in [0.15, 0.2) is 9.74 Å². The van der Waals surface area contributed by atoms with E-state index in [9.17, 15) is 19.2 Å². The lowest BCUT2D eigenvalue weighted by atomic mass is 9.95. The number of nitrogens with zero attached hydrogens (tertiary/aromatic N) is 2. The number of ether oxygens (including phenoxy) is 4. The summed E-state index contributed by atoms with van der Waals surface area (Å²) in [5.74, 6) is -1.39. The van der Waals surface area contributed by atoms with Gasteiger partial charge < -0.3 is 28.7 Å². The molecule has 2 amide bonds. The maximum absolute atomic E-state index is 14.3. The summed E-state index contributed by atoms with van der Waals surface area (Å²) in [6, 6.07) is -0.662. The Morgan fingerprint density at radius 3 is 2.51 bits per heavy atom. The minimum atomic E-state index is -1.25. The van der Waals surface area contributed by atoms with Crippen LogP contribution in [0.4, 0.5) is 0 Å². The minimum absolute atomic E-state index is 0.175. The Morgan fingerprint density at radius 2 is 1.77 bits per heavy atom. The summed E-state index contributed by atoms with van der Waals surface area (Å²) in [7, 11) is 4.32. The quantitative estimate of drug-likeness (QED) is 0.404. The van der Waals surface area contributed by atoms with Crippen molar-refractivity contribution >= 4 is 45.3 Å². The number of piperazine rings is 1. The first-order valence-electron chi connectivity index (χ1n) is 11.0. The zero-order valence-electron chi connectivity index (χ0n) is 19.3. The Bertz CT molecular complexity index is 1120. The van der Waals surface area contributed by atoms with Crippen molar-refractivity contribution in [2.45, 2.75) is 61.1 Å². The van der Waals surface area contributed by atoms with E-state index in [-0.39, 0.29) is 24.7 Å². The molecule has 0 aromatic heterocycles. The van der Waals surface area contributed by atoms with Crippen molar-refractivity contribution in [2.24, 2.45) is 0 Å². The number of hydrogen-bond acceptors (Lipinski definition) is 10. The van der Waals surface area contributed by atoms with Crippen molar-refractivity contribution in [1.82, 2.24) is 9.80 Å². The average molecular weight is 521 g/mol. The molecule has 4 fully saturated rings. The summed E-state index contributed by atoms with van der Waals surface area (Å²) < 4.78 is 21.7. The lowest BCUT2D eigenvalue weighted by molar-refractivity contribution is -0.168. The van der Waals surface area contributed by atoms with Gasteiger partial charge in [-0.3, -0.25) is 19.2 Å². The van der Waals surface area contributed by atoms with Crippen LogP contribution >= 0.6 is 21.6 Å². The molecular formula is C23H24N2O8S2. The molecule has 0 unspecified atom stereocenters. The Hall–Kier alpha value is -2.86. The fraction of sp³-hybridized carbons (Fsp3) is 0.478. The van der Waals surface area contributed by atoms with E-state index >= 15 is 0 Å². The van der Waals surface area contributed by atoms with Crippen LogP contribution in [0.1, 0.15) is 33.1 Å². The molecule has 35 heavy (non-hydrogen) atoms. The fourth-order valence-corrected chi connectivity index (χ4v) is 8.90. The molecule has 0 radical (unpaired) electrons. The zero-order valence-corrected chi connectivity index (χ0v) is 20.9. The van der Waals surface area contributed by atoms with Crippen LogP contribution in [0.15, 0.2) is 48.3 Å². The van der Waals surface area contributed by atoms with E-state index < -0.39 is 39.9 Å². The third-order valence-electron chi connectivity index (χ3n) is 6.58. The zero-order chi connectivity index (χ0) is 25.0. The monoisotopic (exact) mass is 520 g/mol. The van der Waals surface area contributed by atoms with Gasteiger partial charge in [0.25, 0.3) is 11.8 Å². The van der Waals surface area contributed by atoms with Crippen LogP contribution in [-0.4, -0.2) is 68.6 Å². The van der Waals surface area contributed by atoms with E-state index in [1.165, 1.54) is 65.4 Å². The Labute approximate surface area is 209 Å². The van der Waals surface area contributed by atoms with Crippen molar-refractivity contribution in [3.8, 4) is 0 Å².